The zero-order chi connectivity index (χ0) is 23.3. The molecule has 0 aliphatic rings. The zero-order valence-electron chi connectivity index (χ0n) is 18.2. The molecule has 3 aromatic carbocycles. The molecular formula is C24H27O7P. The molecule has 0 heterocycles. The maximum absolute atomic E-state index is 15.5. The average molecular weight is 458 g/mol. The molecule has 1 unspecified atom stereocenters. The van der Waals surface area contributed by atoms with Gasteiger partial charge in [-0.25, -0.2) is 0 Å². The summed E-state index contributed by atoms with van der Waals surface area (Å²) in [6, 6.07) is 15.0. The highest BCUT2D eigenvalue weighted by molar-refractivity contribution is 7.86. The standard InChI is InChI=1S/C24H27O7P/c1-29-19-10-5-9-18(15-27)23(19)32(28,22-16(13-25)7-4-8-17(22)14-26)24-20(30-2)11-6-12-21(24)31-3/h4-12,25-27H,13-15H2,1-3H3. The van der Waals surface area contributed by atoms with Gasteiger partial charge in [0.1, 0.15) is 22.6 Å². The van der Waals surface area contributed by atoms with Crippen molar-refractivity contribution in [2.24, 2.45) is 0 Å². The van der Waals surface area contributed by atoms with Gasteiger partial charge in [-0.2, -0.15) is 0 Å². The number of aliphatic hydroxyl groups is 3. The summed E-state index contributed by atoms with van der Waals surface area (Å²) in [7, 11) is 0.419. The molecule has 0 saturated carbocycles. The van der Waals surface area contributed by atoms with E-state index in [4.69, 9.17) is 14.2 Å². The topological polar surface area (TPSA) is 105 Å². The van der Waals surface area contributed by atoms with Crippen molar-refractivity contribution in [2.75, 3.05) is 21.3 Å². The SMILES string of the molecule is COc1cccc(CO)c1P(=O)(c1c(CO)cccc1CO)c1c(OC)cccc1OC. The molecule has 1 atom stereocenters. The molecule has 170 valence electrons. The third-order valence-electron chi connectivity index (χ3n) is 5.36. The minimum absolute atomic E-state index is 0.250. The van der Waals surface area contributed by atoms with E-state index in [1.54, 1.807) is 54.6 Å². The van der Waals surface area contributed by atoms with Gasteiger partial charge in [0.2, 0.25) is 0 Å². The maximum Gasteiger partial charge on any atom is 0.183 e. The number of hydrogen-bond acceptors (Lipinski definition) is 7. The van der Waals surface area contributed by atoms with Crippen molar-refractivity contribution >= 4 is 23.1 Å². The Labute approximate surface area is 187 Å². The first-order chi connectivity index (χ1) is 15.5. The third kappa shape index (κ3) is 3.89. The molecule has 0 saturated heterocycles. The summed E-state index contributed by atoms with van der Waals surface area (Å²) in [5.41, 5.74) is 1.14. The Kier molecular flexibility index (Phi) is 7.59. The summed E-state index contributed by atoms with van der Waals surface area (Å²) in [5.74, 6) is 0.905. The van der Waals surface area contributed by atoms with Crippen LogP contribution in [0.1, 0.15) is 16.7 Å². The first kappa shape index (κ1) is 23.8. The highest BCUT2D eigenvalue weighted by Gasteiger charge is 2.42. The van der Waals surface area contributed by atoms with Crippen LogP contribution in [0.4, 0.5) is 0 Å². The van der Waals surface area contributed by atoms with Gasteiger partial charge in [-0.1, -0.05) is 36.4 Å². The molecule has 0 spiro atoms. The number of aliphatic hydroxyl groups excluding tert-OH is 3. The molecule has 0 amide bonds. The predicted octanol–water partition coefficient (Wildman–Crippen LogP) is 1.83. The van der Waals surface area contributed by atoms with Gasteiger partial charge in [0.15, 0.2) is 7.14 Å². The molecule has 0 radical (unpaired) electrons. The molecule has 3 aromatic rings. The Morgan fingerprint density at radius 1 is 0.594 bits per heavy atom. The molecule has 0 bridgehead atoms. The predicted molar refractivity (Wildman–Crippen MR) is 123 cm³/mol. The van der Waals surface area contributed by atoms with E-state index in [1.165, 1.54) is 21.3 Å². The quantitative estimate of drug-likeness (QED) is 0.420. The Balaban J connectivity index is 2.64. The van der Waals surface area contributed by atoms with Crippen LogP contribution in [0, 0.1) is 0 Å². The van der Waals surface area contributed by atoms with E-state index in [1.807, 2.05) is 0 Å². The Morgan fingerprint density at radius 3 is 1.34 bits per heavy atom. The van der Waals surface area contributed by atoms with Gasteiger partial charge in [-0.15, -0.1) is 0 Å². The fourth-order valence-electron chi connectivity index (χ4n) is 4.00. The van der Waals surface area contributed by atoms with Crippen LogP contribution in [-0.4, -0.2) is 36.6 Å². The second-order valence-electron chi connectivity index (χ2n) is 6.99. The van der Waals surface area contributed by atoms with Crippen molar-refractivity contribution in [3.8, 4) is 17.2 Å². The number of benzene rings is 3. The van der Waals surface area contributed by atoms with Gasteiger partial charge in [0.05, 0.1) is 46.5 Å². The van der Waals surface area contributed by atoms with Gasteiger partial charge < -0.3 is 34.1 Å². The highest BCUT2D eigenvalue weighted by atomic mass is 31.2. The van der Waals surface area contributed by atoms with Crippen LogP contribution < -0.4 is 30.1 Å². The minimum atomic E-state index is -3.96. The summed E-state index contributed by atoms with van der Waals surface area (Å²) in [4.78, 5) is 0. The van der Waals surface area contributed by atoms with E-state index >= 15 is 4.57 Å². The molecular weight excluding hydrogens is 431 g/mol. The van der Waals surface area contributed by atoms with E-state index in [0.717, 1.165) is 0 Å². The lowest BCUT2D eigenvalue weighted by Gasteiger charge is -2.29. The lowest BCUT2D eigenvalue weighted by atomic mass is 10.1. The molecule has 32 heavy (non-hydrogen) atoms. The minimum Gasteiger partial charge on any atom is -0.496 e. The van der Waals surface area contributed by atoms with E-state index in [2.05, 4.69) is 0 Å². The van der Waals surface area contributed by atoms with Crippen molar-refractivity contribution in [3.05, 3.63) is 71.3 Å². The lowest BCUT2D eigenvalue weighted by molar-refractivity contribution is 0.277. The summed E-state index contributed by atoms with van der Waals surface area (Å²) in [5, 5.41) is 31.2. The van der Waals surface area contributed by atoms with Crippen molar-refractivity contribution < 1.29 is 34.1 Å². The van der Waals surface area contributed by atoms with Crippen LogP contribution in [0.3, 0.4) is 0 Å². The van der Waals surface area contributed by atoms with Crippen LogP contribution in [0.25, 0.3) is 0 Å². The summed E-state index contributed by atoms with van der Waals surface area (Å²) >= 11 is 0. The normalized spacial score (nSPS) is 12.8. The summed E-state index contributed by atoms with van der Waals surface area (Å²) in [6.45, 7) is -1.22. The molecule has 8 heteroatoms. The third-order valence-corrected chi connectivity index (χ3v) is 8.78. The largest absolute Gasteiger partial charge is 0.496 e. The second kappa shape index (κ2) is 10.2. The van der Waals surface area contributed by atoms with Crippen molar-refractivity contribution in [2.45, 2.75) is 19.8 Å². The zero-order valence-corrected chi connectivity index (χ0v) is 19.1. The van der Waals surface area contributed by atoms with Crippen LogP contribution in [0.5, 0.6) is 17.2 Å². The number of hydrogen-bond donors (Lipinski definition) is 3. The number of rotatable bonds is 9. The van der Waals surface area contributed by atoms with E-state index < -0.39 is 27.0 Å². The monoisotopic (exact) mass is 458 g/mol. The molecule has 3 rings (SSSR count). The van der Waals surface area contributed by atoms with E-state index in [0.29, 0.717) is 33.9 Å². The summed E-state index contributed by atoms with van der Waals surface area (Å²) < 4.78 is 32.3. The molecule has 0 aliphatic carbocycles. The van der Waals surface area contributed by atoms with Crippen LogP contribution >= 0.6 is 7.14 Å². The smallest absolute Gasteiger partial charge is 0.183 e. The molecule has 3 N–H and O–H groups in total. The van der Waals surface area contributed by atoms with Gasteiger partial charge in [-0.05, 0) is 34.9 Å². The highest BCUT2D eigenvalue weighted by Crippen LogP contribution is 2.52. The van der Waals surface area contributed by atoms with E-state index in [9.17, 15) is 15.3 Å². The first-order valence-electron chi connectivity index (χ1n) is 9.93. The van der Waals surface area contributed by atoms with Crippen molar-refractivity contribution in [3.63, 3.8) is 0 Å². The fraction of sp³-hybridized carbons (Fsp3) is 0.250. The summed E-state index contributed by atoms with van der Waals surface area (Å²) in [6.07, 6.45) is 0. The lowest BCUT2D eigenvalue weighted by Crippen LogP contribution is -2.34. The van der Waals surface area contributed by atoms with Crippen molar-refractivity contribution in [1.29, 1.82) is 0 Å². The Morgan fingerprint density at radius 2 is 0.938 bits per heavy atom. The molecule has 7 nitrogen and oxygen atoms in total. The second-order valence-corrected chi connectivity index (χ2v) is 9.55. The Hall–Kier alpha value is -2.83. The Bertz CT molecular complexity index is 935. The fourth-order valence-corrected chi connectivity index (χ4v) is 7.75. The van der Waals surface area contributed by atoms with Crippen LogP contribution in [0.2, 0.25) is 0 Å². The molecule has 0 aromatic heterocycles. The number of ether oxygens (including phenoxy) is 3. The van der Waals surface area contributed by atoms with Crippen LogP contribution in [0.15, 0.2) is 54.6 Å². The van der Waals surface area contributed by atoms with Gasteiger partial charge in [0.25, 0.3) is 0 Å². The number of methoxy groups -OCH3 is 3. The first-order valence-corrected chi connectivity index (χ1v) is 11.6. The maximum atomic E-state index is 15.5. The molecule has 0 aliphatic heterocycles. The average Bonchev–Trinajstić information content (AvgIpc) is 2.86. The van der Waals surface area contributed by atoms with Gasteiger partial charge in [-0.3, -0.25) is 0 Å². The van der Waals surface area contributed by atoms with Gasteiger partial charge >= 0.3 is 0 Å². The van der Waals surface area contributed by atoms with Crippen molar-refractivity contribution in [1.82, 2.24) is 0 Å². The van der Waals surface area contributed by atoms with Crippen LogP contribution in [-0.2, 0) is 24.4 Å². The molecule has 0 fully saturated rings. The van der Waals surface area contributed by atoms with E-state index in [-0.39, 0.29) is 15.9 Å². The van der Waals surface area contributed by atoms with Gasteiger partial charge in [0, 0.05) is 5.30 Å².